The van der Waals surface area contributed by atoms with Gasteiger partial charge in [-0.1, -0.05) is 13.0 Å². The molecule has 0 bridgehead atoms. The van der Waals surface area contributed by atoms with Gasteiger partial charge in [-0.15, -0.1) is 0 Å². The van der Waals surface area contributed by atoms with Gasteiger partial charge in [-0.25, -0.2) is 0 Å². The molecule has 0 radical (unpaired) electrons. The first-order valence-electron chi connectivity index (χ1n) is 5.60. The Labute approximate surface area is 92.3 Å². The summed E-state index contributed by atoms with van der Waals surface area (Å²) in [5.74, 6) is 0. The van der Waals surface area contributed by atoms with Crippen LogP contribution in [0.1, 0.15) is 26.0 Å². The zero-order valence-corrected chi connectivity index (χ0v) is 9.69. The van der Waals surface area contributed by atoms with Crippen LogP contribution in [0.25, 0.3) is 0 Å². The molecule has 2 N–H and O–H groups in total. The molecule has 0 aromatic carbocycles. The fourth-order valence-corrected chi connectivity index (χ4v) is 1.46. The SMILES string of the molecule is CCN(CCC(C)N)Cc1ccccn1. The lowest BCUT2D eigenvalue weighted by atomic mass is 10.2. The Bertz CT molecular complexity index is 259. The zero-order valence-electron chi connectivity index (χ0n) is 9.69. The molecule has 0 amide bonds. The molecule has 15 heavy (non-hydrogen) atoms. The molecule has 0 aliphatic heterocycles. The molecule has 1 aromatic rings. The molecule has 1 rings (SSSR count). The number of nitrogens with two attached hydrogens (primary N) is 1. The average molecular weight is 207 g/mol. The third-order valence-corrected chi connectivity index (χ3v) is 2.46. The number of pyridine rings is 1. The lowest BCUT2D eigenvalue weighted by molar-refractivity contribution is 0.267. The Balaban J connectivity index is 2.40. The highest BCUT2D eigenvalue weighted by Crippen LogP contribution is 2.02. The van der Waals surface area contributed by atoms with Crippen LogP contribution in [-0.2, 0) is 6.54 Å². The average Bonchev–Trinajstić information content (AvgIpc) is 2.25. The predicted molar refractivity (Wildman–Crippen MR) is 63.5 cm³/mol. The lowest BCUT2D eigenvalue weighted by Gasteiger charge is -2.20. The van der Waals surface area contributed by atoms with Gasteiger partial charge in [0.2, 0.25) is 0 Å². The van der Waals surface area contributed by atoms with E-state index in [-0.39, 0.29) is 6.04 Å². The van der Waals surface area contributed by atoms with Gasteiger partial charge >= 0.3 is 0 Å². The molecule has 1 heterocycles. The molecule has 84 valence electrons. The van der Waals surface area contributed by atoms with Gasteiger partial charge in [-0.3, -0.25) is 9.88 Å². The Morgan fingerprint density at radius 2 is 2.27 bits per heavy atom. The lowest BCUT2D eigenvalue weighted by Crippen LogP contribution is -2.29. The summed E-state index contributed by atoms with van der Waals surface area (Å²) in [6.45, 7) is 7.23. The van der Waals surface area contributed by atoms with E-state index >= 15 is 0 Å². The first-order valence-corrected chi connectivity index (χ1v) is 5.60. The second-order valence-corrected chi connectivity index (χ2v) is 3.96. The van der Waals surface area contributed by atoms with Crippen molar-refractivity contribution in [2.24, 2.45) is 5.73 Å². The fraction of sp³-hybridized carbons (Fsp3) is 0.583. The van der Waals surface area contributed by atoms with E-state index in [0.717, 1.165) is 31.7 Å². The van der Waals surface area contributed by atoms with E-state index in [4.69, 9.17) is 5.73 Å². The molecule has 0 saturated carbocycles. The van der Waals surface area contributed by atoms with E-state index in [1.807, 2.05) is 18.3 Å². The first kappa shape index (κ1) is 12.1. The van der Waals surface area contributed by atoms with Crippen molar-refractivity contribution in [1.29, 1.82) is 0 Å². The van der Waals surface area contributed by atoms with Crippen molar-refractivity contribution in [2.75, 3.05) is 13.1 Å². The Hall–Kier alpha value is -0.930. The highest BCUT2D eigenvalue weighted by atomic mass is 15.1. The maximum absolute atomic E-state index is 5.75. The van der Waals surface area contributed by atoms with Crippen molar-refractivity contribution in [1.82, 2.24) is 9.88 Å². The summed E-state index contributed by atoms with van der Waals surface area (Å²) in [5.41, 5.74) is 6.88. The topological polar surface area (TPSA) is 42.1 Å². The van der Waals surface area contributed by atoms with Crippen LogP contribution in [0.2, 0.25) is 0 Å². The molecule has 3 heteroatoms. The second kappa shape index (κ2) is 6.53. The molecule has 0 saturated heterocycles. The largest absolute Gasteiger partial charge is 0.328 e. The van der Waals surface area contributed by atoms with Gasteiger partial charge in [0.15, 0.2) is 0 Å². The minimum atomic E-state index is 0.280. The van der Waals surface area contributed by atoms with Crippen LogP contribution in [-0.4, -0.2) is 29.0 Å². The standard InChI is InChI=1S/C12H21N3/c1-3-15(9-7-11(2)13)10-12-6-4-5-8-14-12/h4-6,8,11H,3,7,9-10,13H2,1-2H3. The third kappa shape index (κ3) is 4.91. The van der Waals surface area contributed by atoms with Crippen molar-refractivity contribution in [3.8, 4) is 0 Å². The number of nitrogens with zero attached hydrogens (tertiary/aromatic N) is 2. The number of aromatic nitrogens is 1. The molecule has 1 aromatic heterocycles. The minimum absolute atomic E-state index is 0.280. The van der Waals surface area contributed by atoms with Crippen LogP contribution in [0.3, 0.4) is 0 Å². The monoisotopic (exact) mass is 207 g/mol. The van der Waals surface area contributed by atoms with Crippen molar-refractivity contribution in [3.63, 3.8) is 0 Å². The van der Waals surface area contributed by atoms with E-state index in [0.29, 0.717) is 0 Å². The van der Waals surface area contributed by atoms with Gasteiger partial charge in [0, 0.05) is 18.8 Å². The van der Waals surface area contributed by atoms with Crippen molar-refractivity contribution in [2.45, 2.75) is 32.9 Å². The van der Waals surface area contributed by atoms with Gasteiger partial charge in [0.25, 0.3) is 0 Å². The maximum atomic E-state index is 5.75. The zero-order chi connectivity index (χ0) is 11.1. The number of rotatable bonds is 6. The summed E-state index contributed by atoms with van der Waals surface area (Å²) in [5, 5.41) is 0. The minimum Gasteiger partial charge on any atom is -0.328 e. The van der Waals surface area contributed by atoms with Crippen LogP contribution >= 0.6 is 0 Å². The van der Waals surface area contributed by atoms with Gasteiger partial charge in [-0.05, 0) is 38.6 Å². The summed E-state index contributed by atoms with van der Waals surface area (Å²) < 4.78 is 0. The molecular formula is C12H21N3. The molecule has 0 fully saturated rings. The molecule has 0 aliphatic rings. The van der Waals surface area contributed by atoms with Gasteiger partial charge < -0.3 is 5.73 Å². The first-order chi connectivity index (χ1) is 7.22. The quantitative estimate of drug-likeness (QED) is 0.771. The highest BCUT2D eigenvalue weighted by molar-refractivity contribution is 5.03. The fourth-order valence-electron chi connectivity index (χ4n) is 1.46. The second-order valence-electron chi connectivity index (χ2n) is 3.96. The molecule has 1 atom stereocenters. The molecular weight excluding hydrogens is 186 g/mol. The Morgan fingerprint density at radius 3 is 2.80 bits per heavy atom. The normalized spacial score (nSPS) is 13.1. The van der Waals surface area contributed by atoms with Gasteiger partial charge in [0.05, 0.1) is 5.69 Å². The van der Waals surface area contributed by atoms with Gasteiger partial charge in [0.1, 0.15) is 0 Å². The van der Waals surface area contributed by atoms with E-state index < -0.39 is 0 Å². The molecule has 3 nitrogen and oxygen atoms in total. The molecule has 0 spiro atoms. The molecule has 1 unspecified atom stereocenters. The summed E-state index contributed by atoms with van der Waals surface area (Å²) in [6, 6.07) is 6.32. The van der Waals surface area contributed by atoms with Crippen LogP contribution in [0.4, 0.5) is 0 Å². The summed E-state index contributed by atoms with van der Waals surface area (Å²) >= 11 is 0. The number of hydrogen-bond acceptors (Lipinski definition) is 3. The van der Waals surface area contributed by atoms with Crippen molar-refractivity contribution < 1.29 is 0 Å². The van der Waals surface area contributed by atoms with Crippen molar-refractivity contribution in [3.05, 3.63) is 30.1 Å². The van der Waals surface area contributed by atoms with E-state index in [9.17, 15) is 0 Å². The van der Waals surface area contributed by atoms with E-state index in [1.54, 1.807) is 0 Å². The summed E-state index contributed by atoms with van der Waals surface area (Å²) in [6.07, 6.45) is 2.88. The van der Waals surface area contributed by atoms with E-state index in [2.05, 4.69) is 29.8 Å². The highest BCUT2D eigenvalue weighted by Gasteiger charge is 2.05. The Kier molecular flexibility index (Phi) is 5.29. The van der Waals surface area contributed by atoms with E-state index in [1.165, 1.54) is 0 Å². The predicted octanol–water partition coefficient (Wildman–Crippen LogP) is 1.64. The van der Waals surface area contributed by atoms with Crippen molar-refractivity contribution >= 4 is 0 Å². The smallest absolute Gasteiger partial charge is 0.0543 e. The summed E-state index contributed by atoms with van der Waals surface area (Å²) in [4.78, 5) is 6.69. The van der Waals surface area contributed by atoms with Crippen LogP contribution in [0.15, 0.2) is 24.4 Å². The van der Waals surface area contributed by atoms with Crippen LogP contribution in [0.5, 0.6) is 0 Å². The number of hydrogen-bond donors (Lipinski definition) is 1. The third-order valence-electron chi connectivity index (χ3n) is 2.46. The van der Waals surface area contributed by atoms with Crippen LogP contribution in [0, 0.1) is 0 Å². The molecule has 0 aliphatic carbocycles. The maximum Gasteiger partial charge on any atom is 0.0543 e. The van der Waals surface area contributed by atoms with Crippen LogP contribution < -0.4 is 5.73 Å². The Morgan fingerprint density at radius 1 is 1.47 bits per heavy atom. The van der Waals surface area contributed by atoms with Gasteiger partial charge in [-0.2, -0.15) is 0 Å². The summed E-state index contributed by atoms with van der Waals surface area (Å²) in [7, 11) is 0.